The monoisotopic (exact) mass is 247 g/mol. The second-order valence-electron chi connectivity index (χ2n) is 3.53. The van der Waals surface area contributed by atoms with E-state index in [0.717, 1.165) is 12.1 Å². The van der Waals surface area contributed by atoms with Gasteiger partial charge in [-0.3, -0.25) is 0 Å². The molecular formula is C11H15F2NO3. The van der Waals surface area contributed by atoms with Gasteiger partial charge in [-0.15, -0.1) is 0 Å². The molecule has 1 aromatic carbocycles. The summed E-state index contributed by atoms with van der Waals surface area (Å²) >= 11 is 0. The van der Waals surface area contributed by atoms with Crippen LogP contribution < -0.4 is 10.5 Å². The number of nitrogens with two attached hydrogens (primary N) is 1. The first-order valence-corrected chi connectivity index (χ1v) is 5.05. The van der Waals surface area contributed by atoms with Crippen LogP contribution in [0.5, 0.6) is 5.75 Å². The molecule has 0 radical (unpaired) electrons. The highest BCUT2D eigenvalue weighted by molar-refractivity contribution is 5.25. The summed E-state index contributed by atoms with van der Waals surface area (Å²) in [5.74, 6) is -1.69. The Kier molecular flexibility index (Phi) is 5.27. The summed E-state index contributed by atoms with van der Waals surface area (Å²) in [6.45, 7) is -0.227. The third-order valence-electron chi connectivity index (χ3n) is 2.19. The molecule has 2 atom stereocenters. The van der Waals surface area contributed by atoms with Crippen LogP contribution in [-0.2, 0) is 4.74 Å². The van der Waals surface area contributed by atoms with Gasteiger partial charge in [0.25, 0.3) is 0 Å². The van der Waals surface area contributed by atoms with Gasteiger partial charge in [0.05, 0.1) is 19.3 Å². The Hall–Kier alpha value is -1.24. The van der Waals surface area contributed by atoms with Crippen molar-refractivity contribution in [1.82, 2.24) is 0 Å². The summed E-state index contributed by atoms with van der Waals surface area (Å²) in [6.07, 6.45) is -0.810. The fraction of sp³-hybridized carbons (Fsp3) is 0.455. The van der Waals surface area contributed by atoms with E-state index in [4.69, 9.17) is 20.3 Å². The van der Waals surface area contributed by atoms with Crippen LogP contribution in [0.15, 0.2) is 18.2 Å². The van der Waals surface area contributed by atoms with Gasteiger partial charge in [0.15, 0.2) is 11.6 Å². The molecule has 17 heavy (non-hydrogen) atoms. The number of aliphatic hydroxyl groups is 1. The van der Waals surface area contributed by atoms with Crippen LogP contribution >= 0.6 is 0 Å². The van der Waals surface area contributed by atoms with Crippen molar-refractivity contribution in [1.29, 1.82) is 0 Å². The molecule has 1 rings (SSSR count). The van der Waals surface area contributed by atoms with E-state index in [9.17, 15) is 8.78 Å². The molecule has 3 N–H and O–H groups in total. The molecule has 0 amide bonds. The highest BCUT2D eigenvalue weighted by Gasteiger charge is 2.20. The van der Waals surface area contributed by atoms with E-state index >= 15 is 0 Å². The Bertz CT molecular complexity index is 363. The number of hydrogen-bond acceptors (Lipinski definition) is 4. The van der Waals surface area contributed by atoms with Gasteiger partial charge >= 0.3 is 0 Å². The molecule has 0 aliphatic carbocycles. The molecule has 0 aromatic heterocycles. The number of ether oxygens (including phenoxy) is 2. The predicted molar refractivity (Wildman–Crippen MR) is 57.7 cm³/mol. The first-order chi connectivity index (χ1) is 8.08. The number of aliphatic hydroxyl groups excluding tert-OH is 1. The van der Waals surface area contributed by atoms with E-state index in [-0.39, 0.29) is 19.0 Å². The lowest BCUT2D eigenvalue weighted by atomic mass is 10.2. The molecule has 1 aromatic rings. The van der Waals surface area contributed by atoms with Crippen LogP contribution in [-0.4, -0.2) is 37.6 Å². The second-order valence-corrected chi connectivity index (χ2v) is 3.53. The number of hydrogen-bond donors (Lipinski definition) is 2. The number of methoxy groups -OCH3 is 1. The highest BCUT2D eigenvalue weighted by atomic mass is 19.1. The van der Waals surface area contributed by atoms with Crippen LogP contribution in [0.3, 0.4) is 0 Å². The van der Waals surface area contributed by atoms with Crippen molar-refractivity contribution in [2.45, 2.75) is 12.1 Å². The first-order valence-electron chi connectivity index (χ1n) is 5.05. The van der Waals surface area contributed by atoms with Crippen molar-refractivity contribution in [2.24, 2.45) is 5.73 Å². The maximum atomic E-state index is 13.3. The Morgan fingerprint density at radius 1 is 1.41 bits per heavy atom. The van der Waals surface area contributed by atoms with E-state index < -0.39 is 23.8 Å². The van der Waals surface area contributed by atoms with Gasteiger partial charge < -0.3 is 20.3 Å². The third kappa shape index (κ3) is 3.92. The Morgan fingerprint density at radius 3 is 2.65 bits per heavy atom. The molecule has 2 unspecified atom stereocenters. The van der Waals surface area contributed by atoms with Crippen molar-refractivity contribution in [2.75, 3.05) is 20.3 Å². The van der Waals surface area contributed by atoms with Gasteiger partial charge in [0.2, 0.25) is 0 Å². The van der Waals surface area contributed by atoms with Gasteiger partial charge in [0, 0.05) is 13.2 Å². The van der Waals surface area contributed by atoms with Gasteiger partial charge in [-0.1, -0.05) is 0 Å². The zero-order valence-electron chi connectivity index (χ0n) is 9.40. The molecule has 0 saturated carbocycles. The summed E-state index contributed by atoms with van der Waals surface area (Å²) < 4.78 is 35.9. The maximum Gasteiger partial charge on any atom is 0.167 e. The van der Waals surface area contributed by atoms with Gasteiger partial charge in [-0.25, -0.2) is 8.78 Å². The predicted octanol–water partition coefficient (Wildman–Crippen LogP) is 0.678. The molecular weight excluding hydrogens is 232 g/mol. The van der Waals surface area contributed by atoms with E-state index in [0.29, 0.717) is 6.07 Å². The summed E-state index contributed by atoms with van der Waals surface area (Å²) in [5, 5.41) is 9.07. The minimum atomic E-state index is -0.840. The lowest BCUT2D eigenvalue weighted by molar-refractivity contribution is 0.0579. The van der Waals surface area contributed by atoms with Crippen molar-refractivity contribution >= 4 is 0 Å². The normalized spacial score (nSPS) is 14.4. The van der Waals surface area contributed by atoms with Gasteiger partial charge in [-0.2, -0.15) is 0 Å². The highest BCUT2D eigenvalue weighted by Crippen LogP contribution is 2.19. The van der Waals surface area contributed by atoms with Gasteiger partial charge in [0.1, 0.15) is 11.9 Å². The smallest absolute Gasteiger partial charge is 0.167 e. The Labute approximate surface area is 97.9 Å². The minimum absolute atomic E-state index is 0.156. The molecule has 0 saturated heterocycles. The molecule has 96 valence electrons. The topological polar surface area (TPSA) is 64.7 Å². The van der Waals surface area contributed by atoms with Crippen LogP contribution in [0.1, 0.15) is 0 Å². The van der Waals surface area contributed by atoms with Crippen LogP contribution in [0.4, 0.5) is 8.78 Å². The van der Waals surface area contributed by atoms with E-state index in [1.807, 2.05) is 0 Å². The zero-order valence-corrected chi connectivity index (χ0v) is 9.40. The average Bonchev–Trinajstić information content (AvgIpc) is 2.28. The van der Waals surface area contributed by atoms with E-state index in [1.165, 1.54) is 7.11 Å². The summed E-state index contributed by atoms with van der Waals surface area (Å²) in [7, 11) is 1.45. The fourth-order valence-electron chi connectivity index (χ4n) is 1.29. The molecule has 0 fully saturated rings. The molecule has 0 bridgehead atoms. The number of halogens is 2. The van der Waals surface area contributed by atoms with Crippen LogP contribution in [0.2, 0.25) is 0 Å². The quantitative estimate of drug-likeness (QED) is 0.775. The van der Waals surface area contributed by atoms with Gasteiger partial charge in [-0.05, 0) is 12.1 Å². The molecule has 0 spiro atoms. The second kappa shape index (κ2) is 6.48. The largest absolute Gasteiger partial charge is 0.483 e. The summed E-state index contributed by atoms with van der Waals surface area (Å²) in [5.41, 5.74) is 5.66. The van der Waals surface area contributed by atoms with Crippen molar-refractivity contribution in [3.63, 3.8) is 0 Å². The lowest BCUT2D eigenvalue weighted by Crippen LogP contribution is -2.44. The first kappa shape index (κ1) is 13.8. The molecule has 4 nitrogen and oxygen atoms in total. The minimum Gasteiger partial charge on any atom is -0.483 e. The van der Waals surface area contributed by atoms with Crippen molar-refractivity contribution < 1.29 is 23.4 Å². The van der Waals surface area contributed by atoms with Crippen LogP contribution in [0, 0.1) is 11.6 Å². The van der Waals surface area contributed by atoms with E-state index in [1.54, 1.807) is 0 Å². The summed E-state index contributed by atoms with van der Waals surface area (Å²) in [6, 6.07) is 2.31. The lowest BCUT2D eigenvalue weighted by Gasteiger charge is -2.22. The van der Waals surface area contributed by atoms with Crippen molar-refractivity contribution in [3.05, 3.63) is 29.8 Å². The molecule has 0 heterocycles. The zero-order chi connectivity index (χ0) is 12.8. The van der Waals surface area contributed by atoms with E-state index in [2.05, 4.69) is 0 Å². The molecule has 0 aliphatic heterocycles. The number of rotatable bonds is 6. The number of benzene rings is 1. The SMILES string of the molecule is COCC(N)C(CO)Oc1ccc(F)cc1F. The average molecular weight is 247 g/mol. The standard InChI is InChI=1S/C11H15F2NO3/c1-16-6-9(14)11(5-15)17-10-3-2-7(12)4-8(10)13/h2-4,9,11,15H,5-6,14H2,1H3. The Morgan fingerprint density at radius 2 is 2.12 bits per heavy atom. The Balaban J connectivity index is 2.73. The molecule has 0 aliphatic rings. The fourth-order valence-corrected chi connectivity index (χ4v) is 1.29. The third-order valence-corrected chi connectivity index (χ3v) is 2.19. The maximum absolute atomic E-state index is 13.3. The van der Waals surface area contributed by atoms with Crippen LogP contribution in [0.25, 0.3) is 0 Å². The summed E-state index contributed by atoms with van der Waals surface area (Å²) in [4.78, 5) is 0. The molecule has 6 heteroatoms. The van der Waals surface area contributed by atoms with Crippen molar-refractivity contribution in [3.8, 4) is 5.75 Å².